The van der Waals surface area contributed by atoms with Gasteiger partial charge in [0.2, 0.25) is 0 Å². The summed E-state index contributed by atoms with van der Waals surface area (Å²) in [5.74, 6) is -0.733. The number of hydrogen-bond donors (Lipinski definition) is 0. The third-order valence-corrected chi connectivity index (χ3v) is 2.98. The van der Waals surface area contributed by atoms with Crippen LogP contribution in [0.1, 0.15) is 35.5 Å². The molecule has 0 saturated heterocycles. The summed E-state index contributed by atoms with van der Waals surface area (Å²) in [7, 11) is 0. The van der Waals surface area contributed by atoms with Gasteiger partial charge in [-0.2, -0.15) is 0 Å². The largest absolute Gasteiger partial charge is 0.461 e. The minimum atomic E-state index is -0.416. The number of ether oxygens (including phenoxy) is 2. The number of carbonyl (C=O) groups is 2. The highest BCUT2D eigenvalue weighted by molar-refractivity contribution is 5.93. The molecular weight excluding hydrogens is 270 g/mol. The van der Waals surface area contributed by atoms with Crippen molar-refractivity contribution in [2.45, 2.75) is 27.4 Å². The number of hydrogen-bond acceptors (Lipinski definition) is 5. The molecule has 110 valence electrons. The zero-order chi connectivity index (χ0) is 15.4. The summed E-state index contributed by atoms with van der Waals surface area (Å²) in [5.41, 5.74) is 2.67. The fourth-order valence-corrected chi connectivity index (χ4v) is 2.01. The molecule has 2 rings (SSSR count). The van der Waals surface area contributed by atoms with Crippen LogP contribution in [0.5, 0.6) is 0 Å². The number of esters is 2. The van der Waals surface area contributed by atoms with Crippen molar-refractivity contribution in [2.24, 2.45) is 0 Å². The first-order valence-corrected chi connectivity index (χ1v) is 6.72. The summed E-state index contributed by atoms with van der Waals surface area (Å²) in [5, 5.41) is 0.894. The van der Waals surface area contributed by atoms with Gasteiger partial charge in [0.15, 0.2) is 5.69 Å². The average molecular weight is 287 g/mol. The molecule has 1 aromatic carbocycles. The molecule has 0 fully saturated rings. The Bertz CT molecular complexity index is 694. The van der Waals surface area contributed by atoms with E-state index < -0.39 is 5.97 Å². The van der Waals surface area contributed by atoms with E-state index in [2.05, 4.69) is 4.98 Å². The van der Waals surface area contributed by atoms with E-state index in [1.807, 2.05) is 25.1 Å². The molecule has 0 atom stereocenters. The third-order valence-electron chi connectivity index (χ3n) is 2.98. The third kappa shape index (κ3) is 3.56. The van der Waals surface area contributed by atoms with Crippen LogP contribution >= 0.6 is 0 Å². The summed E-state index contributed by atoms with van der Waals surface area (Å²) in [6.07, 6.45) is 0. The predicted molar refractivity (Wildman–Crippen MR) is 77.9 cm³/mol. The van der Waals surface area contributed by atoms with Gasteiger partial charge in [0, 0.05) is 12.3 Å². The second-order valence-corrected chi connectivity index (χ2v) is 4.68. The molecular formula is C16H17NO4. The smallest absolute Gasteiger partial charge is 0.357 e. The molecule has 1 aromatic heterocycles. The molecule has 2 aromatic rings. The van der Waals surface area contributed by atoms with E-state index in [1.54, 1.807) is 13.0 Å². The number of carbonyl (C=O) groups excluding carboxylic acids is 2. The number of fused-ring (bicyclic) bond motifs is 1. The maximum absolute atomic E-state index is 11.8. The van der Waals surface area contributed by atoms with Crippen LogP contribution < -0.4 is 0 Å². The quantitative estimate of drug-likeness (QED) is 0.809. The lowest BCUT2D eigenvalue weighted by atomic mass is 10.1. The first kappa shape index (κ1) is 15.0. The molecule has 0 aliphatic carbocycles. The minimum absolute atomic E-state index is 0.226. The Morgan fingerprint density at radius 2 is 1.95 bits per heavy atom. The molecule has 5 heteroatoms. The van der Waals surface area contributed by atoms with E-state index in [0.717, 1.165) is 16.5 Å². The fourth-order valence-electron chi connectivity index (χ4n) is 2.01. The van der Waals surface area contributed by atoms with E-state index in [9.17, 15) is 9.59 Å². The van der Waals surface area contributed by atoms with Crippen molar-refractivity contribution in [3.8, 4) is 0 Å². The molecule has 0 spiro atoms. The molecule has 1 heterocycles. The fraction of sp³-hybridized carbons (Fsp3) is 0.312. The average Bonchev–Trinajstić information content (AvgIpc) is 2.44. The van der Waals surface area contributed by atoms with Gasteiger partial charge in [-0.15, -0.1) is 0 Å². The van der Waals surface area contributed by atoms with Gasteiger partial charge in [-0.3, -0.25) is 4.79 Å². The van der Waals surface area contributed by atoms with Crippen molar-refractivity contribution < 1.29 is 19.1 Å². The van der Waals surface area contributed by atoms with Crippen LogP contribution in [0.25, 0.3) is 10.9 Å². The van der Waals surface area contributed by atoms with Crippen LogP contribution in [0.2, 0.25) is 0 Å². The molecule has 0 unspecified atom stereocenters. The van der Waals surface area contributed by atoms with Crippen LogP contribution in [-0.4, -0.2) is 23.5 Å². The van der Waals surface area contributed by atoms with E-state index in [1.165, 1.54) is 6.92 Å². The van der Waals surface area contributed by atoms with Crippen LogP contribution in [0.3, 0.4) is 0 Å². The van der Waals surface area contributed by atoms with Crippen molar-refractivity contribution in [3.63, 3.8) is 0 Å². The van der Waals surface area contributed by atoms with Gasteiger partial charge in [0.1, 0.15) is 6.61 Å². The van der Waals surface area contributed by atoms with E-state index in [-0.39, 0.29) is 12.6 Å². The number of nitrogens with zero attached hydrogens (tertiary/aromatic N) is 1. The molecule has 0 bridgehead atoms. The zero-order valence-corrected chi connectivity index (χ0v) is 12.3. The number of benzene rings is 1. The monoisotopic (exact) mass is 287 g/mol. The molecule has 5 nitrogen and oxygen atoms in total. The Morgan fingerprint density at radius 3 is 2.62 bits per heavy atom. The highest BCUT2D eigenvalue weighted by atomic mass is 16.5. The topological polar surface area (TPSA) is 65.5 Å². The van der Waals surface area contributed by atoms with Crippen molar-refractivity contribution in [1.82, 2.24) is 4.98 Å². The van der Waals surface area contributed by atoms with Gasteiger partial charge in [-0.1, -0.05) is 6.07 Å². The van der Waals surface area contributed by atoms with Crippen molar-refractivity contribution >= 4 is 22.8 Å². The molecule has 0 aliphatic rings. The number of aromatic nitrogens is 1. The number of aryl methyl sites for hydroxylation is 1. The molecule has 0 N–H and O–H groups in total. The Hall–Kier alpha value is -2.43. The first-order chi connectivity index (χ1) is 10.0. The Kier molecular flexibility index (Phi) is 4.52. The summed E-state index contributed by atoms with van der Waals surface area (Å²) < 4.78 is 9.95. The van der Waals surface area contributed by atoms with Crippen molar-refractivity contribution in [3.05, 3.63) is 41.1 Å². The Balaban J connectivity index is 2.35. The van der Waals surface area contributed by atoms with E-state index in [0.29, 0.717) is 17.8 Å². The van der Waals surface area contributed by atoms with E-state index in [4.69, 9.17) is 9.47 Å². The highest BCUT2D eigenvalue weighted by Gasteiger charge is 2.13. The van der Waals surface area contributed by atoms with Gasteiger partial charge in [-0.05, 0) is 43.2 Å². The van der Waals surface area contributed by atoms with Gasteiger partial charge in [0.25, 0.3) is 0 Å². The molecule has 0 saturated carbocycles. The minimum Gasteiger partial charge on any atom is -0.461 e. The lowest BCUT2D eigenvalue weighted by Crippen LogP contribution is -2.09. The van der Waals surface area contributed by atoms with Gasteiger partial charge in [0.05, 0.1) is 12.1 Å². The SMILES string of the molecule is CCOC(=O)c1nc2ccc(COC(C)=O)cc2cc1C. The number of pyridine rings is 1. The molecule has 0 amide bonds. The number of rotatable bonds is 4. The second-order valence-electron chi connectivity index (χ2n) is 4.68. The Morgan fingerprint density at radius 1 is 1.19 bits per heavy atom. The van der Waals surface area contributed by atoms with Crippen LogP contribution in [0.15, 0.2) is 24.3 Å². The van der Waals surface area contributed by atoms with Crippen LogP contribution in [0, 0.1) is 6.92 Å². The maximum atomic E-state index is 11.8. The lowest BCUT2D eigenvalue weighted by Gasteiger charge is -2.08. The van der Waals surface area contributed by atoms with Gasteiger partial charge >= 0.3 is 11.9 Å². The van der Waals surface area contributed by atoms with E-state index >= 15 is 0 Å². The summed E-state index contributed by atoms with van der Waals surface area (Å²) in [4.78, 5) is 27.0. The molecule has 0 aliphatic heterocycles. The predicted octanol–water partition coefficient (Wildman–Crippen LogP) is 2.78. The molecule has 21 heavy (non-hydrogen) atoms. The maximum Gasteiger partial charge on any atom is 0.357 e. The standard InChI is InChI=1S/C16H17NO4/c1-4-20-16(19)15-10(2)7-13-8-12(9-21-11(3)18)5-6-14(13)17-15/h5-8H,4,9H2,1-3H3. The van der Waals surface area contributed by atoms with Gasteiger partial charge in [-0.25, -0.2) is 9.78 Å². The Labute approximate surface area is 122 Å². The highest BCUT2D eigenvalue weighted by Crippen LogP contribution is 2.19. The van der Waals surface area contributed by atoms with Gasteiger partial charge < -0.3 is 9.47 Å². The van der Waals surface area contributed by atoms with Crippen LogP contribution in [-0.2, 0) is 20.9 Å². The summed E-state index contributed by atoms with van der Waals surface area (Å²) in [6.45, 7) is 5.49. The normalized spacial score (nSPS) is 10.4. The van der Waals surface area contributed by atoms with Crippen molar-refractivity contribution in [1.29, 1.82) is 0 Å². The zero-order valence-electron chi connectivity index (χ0n) is 12.3. The van der Waals surface area contributed by atoms with Crippen LogP contribution in [0.4, 0.5) is 0 Å². The lowest BCUT2D eigenvalue weighted by molar-refractivity contribution is -0.142. The summed E-state index contributed by atoms with van der Waals surface area (Å²) in [6, 6.07) is 7.40. The first-order valence-electron chi connectivity index (χ1n) is 6.72. The second kappa shape index (κ2) is 6.35. The van der Waals surface area contributed by atoms with Crippen molar-refractivity contribution in [2.75, 3.05) is 6.61 Å². The summed E-state index contributed by atoms with van der Waals surface area (Å²) >= 11 is 0. The molecule has 0 radical (unpaired) electrons.